The van der Waals surface area contributed by atoms with E-state index in [2.05, 4.69) is 13.8 Å². The van der Waals surface area contributed by atoms with Crippen molar-refractivity contribution in [3.05, 3.63) is 35.9 Å². The van der Waals surface area contributed by atoms with Crippen molar-refractivity contribution in [3.8, 4) is 0 Å². The maximum atomic E-state index is 12.6. The second kappa shape index (κ2) is 9.04. The monoisotopic (exact) mass is 335 g/mol. The highest BCUT2D eigenvalue weighted by atomic mass is 16.3. The molecule has 1 atom stereocenters. The Kier molecular flexibility index (Phi) is 7.70. The Morgan fingerprint density at radius 1 is 1.21 bits per heavy atom. The number of hydrazine groups is 1. The molecule has 0 fully saturated rings. The van der Waals surface area contributed by atoms with Crippen molar-refractivity contribution in [2.45, 2.75) is 59.1 Å². The fraction of sp³-hybridized carbons (Fsp3) is 0.632. The summed E-state index contributed by atoms with van der Waals surface area (Å²) >= 11 is 0. The minimum Gasteiger partial charge on any atom is -0.388 e. The van der Waals surface area contributed by atoms with E-state index < -0.39 is 6.10 Å². The molecule has 1 unspecified atom stereocenters. The number of rotatable bonds is 7. The number of aliphatic hydroxyl groups excluding tert-OH is 1. The minimum absolute atomic E-state index is 0.162. The quantitative estimate of drug-likeness (QED) is 0.455. The van der Waals surface area contributed by atoms with E-state index in [1.807, 2.05) is 56.0 Å². The van der Waals surface area contributed by atoms with Crippen LogP contribution in [0.5, 0.6) is 0 Å². The van der Waals surface area contributed by atoms with Crippen LogP contribution in [0.1, 0.15) is 59.1 Å². The molecule has 0 bridgehead atoms. The van der Waals surface area contributed by atoms with Gasteiger partial charge in [0, 0.05) is 18.6 Å². The summed E-state index contributed by atoms with van der Waals surface area (Å²) in [5, 5.41) is 11.4. The molecule has 3 N–H and O–H groups in total. The van der Waals surface area contributed by atoms with Gasteiger partial charge in [0.15, 0.2) is 0 Å². The lowest BCUT2D eigenvalue weighted by Gasteiger charge is -2.39. The van der Waals surface area contributed by atoms with Gasteiger partial charge in [0.1, 0.15) is 0 Å². The van der Waals surface area contributed by atoms with E-state index >= 15 is 0 Å². The molecule has 0 saturated carbocycles. The zero-order valence-corrected chi connectivity index (χ0v) is 15.7. The summed E-state index contributed by atoms with van der Waals surface area (Å²) in [5.41, 5.74) is 0.617. The third kappa shape index (κ3) is 6.49. The smallest absolute Gasteiger partial charge is 0.334 e. The van der Waals surface area contributed by atoms with Gasteiger partial charge >= 0.3 is 6.03 Å². The number of benzene rings is 1. The molecule has 0 saturated heterocycles. The fourth-order valence-corrected chi connectivity index (χ4v) is 2.55. The number of nitrogens with zero attached hydrogens (tertiary/aromatic N) is 2. The lowest BCUT2D eigenvalue weighted by Crippen LogP contribution is -2.55. The SMILES string of the molecule is CC(C)CN(C(=O)N(N)CCCC(O)c1ccccc1)C(C)(C)C. The Hall–Kier alpha value is -1.59. The van der Waals surface area contributed by atoms with Crippen molar-refractivity contribution in [1.82, 2.24) is 9.91 Å². The molecule has 0 aliphatic carbocycles. The van der Waals surface area contributed by atoms with Crippen molar-refractivity contribution in [2.24, 2.45) is 11.8 Å². The maximum Gasteiger partial charge on any atom is 0.334 e. The van der Waals surface area contributed by atoms with Crippen molar-refractivity contribution >= 4 is 6.03 Å². The van der Waals surface area contributed by atoms with E-state index in [0.717, 1.165) is 5.56 Å². The lowest BCUT2D eigenvalue weighted by atomic mass is 10.0. The second-order valence-corrected chi connectivity index (χ2v) is 7.72. The van der Waals surface area contributed by atoms with Crippen LogP contribution >= 0.6 is 0 Å². The highest BCUT2D eigenvalue weighted by Crippen LogP contribution is 2.19. The zero-order chi connectivity index (χ0) is 18.3. The van der Waals surface area contributed by atoms with Crippen LogP contribution in [0.4, 0.5) is 4.79 Å². The summed E-state index contributed by atoms with van der Waals surface area (Å²) in [6.45, 7) is 11.3. The first-order chi connectivity index (χ1) is 11.1. The van der Waals surface area contributed by atoms with Crippen LogP contribution in [0.3, 0.4) is 0 Å². The zero-order valence-electron chi connectivity index (χ0n) is 15.7. The van der Waals surface area contributed by atoms with Gasteiger partial charge in [-0.3, -0.25) is 5.01 Å². The van der Waals surface area contributed by atoms with Gasteiger partial charge in [0.25, 0.3) is 0 Å². The van der Waals surface area contributed by atoms with Crippen molar-refractivity contribution in [2.75, 3.05) is 13.1 Å². The van der Waals surface area contributed by atoms with E-state index in [-0.39, 0.29) is 11.6 Å². The number of urea groups is 1. The lowest BCUT2D eigenvalue weighted by molar-refractivity contribution is 0.0973. The van der Waals surface area contributed by atoms with Gasteiger partial charge in [-0.05, 0) is 45.1 Å². The van der Waals surface area contributed by atoms with Gasteiger partial charge in [-0.1, -0.05) is 44.2 Å². The van der Waals surface area contributed by atoms with Gasteiger partial charge in [-0.2, -0.15) is 0 Å². The first kappa shape index (κ1) is 20.5. The molecule has 5 heteroatoms. The molecule has 0 radical (unpaired) electrons. The predicted molar refractivity (Wildman–Crippen MR) is 98.2 cm³/mol. The third-order valence-electron chi connectivity index (χ3n) is 3.90. The van der Waals surface area contributed by atoms with E-state index in [0.29, 0.717) is 31.8 Å². The standard InChI is InChI=1S/C19H33N3O2/c1-15(2)14-21(19(3,4)5)18(24)22(20)13-9-12-17(23)16-10-7-6-8-11-16/h6-8,10-11,15,17,23H,9,12-14,20H2,1-5H3. The van der Waals surface area contributed by atoms with Crippen LogP contribution in [0, 0.1) is 5.92 Å². The van der Waals surface area contributed by atoms with Crippen molar-refractivity contribution in [1.29, 1.82) is 0 Å². The van der Waals surface area contributed by atoms with Gasteiger partial charge in [-0.15, -0.1) is 0 Å². The van der Waals surface area contributed by atoms with E-state index in [4.69, 9.17) is 5.84 Å². The second-order valence-electron chi connectivity index (χ2n) is 7.72. The van der Waals surface area contributed by atoms with Crippen molar-refractivity contribution in [3.63, 3.8) is 0 Å². The molecule has 136 valence electrons. The fourth-order valence-electron chi connectivity index (χ4n) is 2.55. The average Bonchev–Trinajstić information content (AvgIpc) is 2.51. The number of aliphatic hydroxyl groups is 1. The molecule has 0 aliphatic heterocycles. The molecule has 1 rings (SSSR count). The molecule has 0 aromatic heterocycles. The molecule has 0 heterocycles. The average molecular weight is 335 g/mol. The molecule has 0 spiro atoms. The minimum atomic E-state index is -0.524. The maximum absolute atomic E-state index is 12.6. The third-order valence-corrected chi connectivity index (χ3v) is 3.90. The normalized spacial score (nSPS) is 13.0. The molecule has 5 nitrogen and oxygen atoms in total. The molecular weight excluding hydrogens is 302 g/mol. The molecule has 1 aromatic rings. The first-order valence-corrected chi connectivity index (χ1v) is 8.69. The van der Waals surface area contributed by atoms with Crippen LogP contribution in [-0.4, -0.2) is 39.7 Å². The van der Waals surface area contributed by atoms with Crippen molar-refractivity contribution < 1.29 is 9.90 Å². The summed E-state index contributed by atoms with van der Waals surface area (Å²) in [6.07, 6.45) is 0.701. The highest BCUT2D eigenvalue weighted by Gasteiger charge is 2.29. The van der Waals surface area contributed by atoms with Gasteiger partial charge in [-0.25, -0.2) is 10.6 Å². The van der Waals surface area contributed by atoms with Crippen LogP contribution in [0.15, 0.2) is 30.3 Å². The number of carbonyl (C=O) groups is 1. The van der Waals surface area contributed by atoms with E-state index in [9.17, 15) is 9.90 Å². The highest BCUT2D eigenvalue weighted by molar-refractivity contribution is 5.74. The Balaban J connectivity index is 2.53. The van der Waals surface area contributed by atoms with Crippen LogP contribution in [0.25, 0.3) is 0 Å². The molecule has 2 amide bonds. The van der Waals surface area contributed by atoms with Gasteiger partial charge < -0.3 is 10.0 Å². The number of amides is 2. The molecule has 1 aromatic carbocycles. The van der Waals surface area contributed by atoms with E-state index in [1.54, 1.807) is 0 Å². The summed E-state index contributed by atoms with van der Waals surface area (Å²) < 4.78 is 0. The Morgan fingerprint density at radius 2 is 1.79 bits per heavy atom. The molecular formula is C19H33N3O2. The molecule has 0 aliphatic rings. The summed E-state index contributed by atoms with van der Waals surface area (Å²) in [6, 6.07) is 9.38. The summed E-state index contributed by atoms with van der Waals surface area (Å²) in [7, 11) is 0. The summed E-state index contributed by atoms with van der Waals surface area (Å²) in [5.74, 6) is 6.35. The molecule has 24 heavy (non-hydrogen) atoms. The number of carbonyl (C=O) groups excluding carboxylic acids is 1. The Morgan fingerprint density at radius 3 is 2.29 bits per heavy atom. The van der Waals surface area contributed by atoms with Crippen LogP contribution < -0.4 is 5.84 Å². The number of hydrogen-bond donors (Lipinski definition) is 2. The van der Waals surface area contributed by atoms with Gasteiger partial charge in [0.2, 0.25) is 0 Å². The van der Waals surface area contributed by atoms with Crippen LogP contribution in [-0.2, 0) is 0 Å². The van der Waals surface area contributed by atoms with E-state index in [1.165, 1.54) is 5.01 Å². The Labute approximate surface area is 146 Å². The van der Waals surface area contributed by atoms with Gasteiger partial charge in [0.05, 0.1) is 6.10 Å². The number of nitrogens with two attached hydrogens (primary N) is 1. The first-order valence-electron chi connectivity index (χ1n) is 8.69. The summed E-state index contributed by atoms with van der Waals surface area (Å²) in [4.78, 5) is 14.4. The Bertz CT molecular complexity index is 497. The van der Waals surface area contributed by atoms with Crippen LogP contribution in [0.2, 0.25) is 0 Å². The topological polar surface area (TPSA) is 69.8 Å². The largest absolute Gasteiger partial charge is 0.388 e. The number of hydrogen-bond acceptors (Lipinski definition) is 3. The predicted octanol–water partition coefficient (Wildman–Crippen LogP) is 3.55.